The summed E-state index contributed by atoms with van der Waals surface area (Å²) in [5.74, 6) is 1.77. The molecule has 0 spiro atoms. The minimum Gasteiger partial charge on any atom is -0.492 e. The molecule has 5 nitrogen and oxygen atoms in total. The normalized spacial score (nSPS) is 12.1. The van der Waals surface area contributed by atoms with Crippen LogP contribution in [0.25, 0.3) is 0 Å². The summed E-state index contributed by atoms with van der Waals surface area (Å²) in [5.41, 5.74) is 0.769. The number of hydrogen-bond acceptors (Lipinski definition) is 5. The molecular formula is C10H9NO4. The van der Waals surface area contributed by atoms with Crippen molar-refractivity contribution in [3.05, 3.63) is 17.7 Å². The van der Waals surface area contributed by atoms with Gasteiger partial charge in [0.05, 0.1) is 13.7 Å². The first-order valence-corrected chi connectivity index (χ1v) is 4.36. The van der Waals surface area contributed by atoms with Crippen LogP contribution in [-0.4, -0.2) is 20.0 Å². The smallest absolute Gasteiger partial charge is 0.235 e. The van der Waals surface area contributed by atoms with Crippen molar-refractivity contribution >= 4 is 6.08 Å². The third-order valence-corrected chi connectivity index (χ3v) is 2.09. The van der Waals surface area contributed by atoms with E-state index in [-0.39, 0.29) is 13.3 Å². The van der Waals surface area contributed by atoms with Gasteiger partial charge in [-0.2, -0.15) is 0 Å². The summed E-state index contributed by atoms with van der Waals surface area (Å²) >= 11 is 0. The molecular weight excluding hydrogens is 198 g/mol. The predicted molar refractivity (Wildman–Crippen MR) is 50.9 cm³/mol. The van der Waals surface area contributed by atoms with E-state index < -0.39 is 0 Å². The number of rotatable bonds is 3. The molecule has 2 rings (SSSR count). The van der Waals surface area contributed by atoms with Crippen molar-refractivity contribution in [2.24, 2.45) is 4.99 Å². The number of fused-ring (bicyclic) bond motifs is 1. The van der Waals surface area contributed by atoms with Gasteiger partial charge in [0.2, 0.25) is 18.6 Å². The lowest BCUT2D eigenvalue weighted by Gasteiger charge is -2.08. The molecule has 1 aliphatic heterocycles. The van der Waals surface area contributed by atoms with E-state index in [2.05, 4.69) is 4.99 Å². The first kappa shape index (κ1) is 9.55. The molecule has 0 unspecified atom stereocenters. The molecule has 0 aliphatic carbocycles. The molecule has 0 N–H and O–H groups in total. The lowest BCUT2D eigenvalue weighted by Crippen LogP contribution is -1.95. The molecule has 78 valence electrons. The lowest BCUT2D eigenvalue weighted by atomic mass is 10.1. The van der Waals surface area contributed by atoms with Gasteiger partial charge < -0.3 is 14.2 Å². The highest BCUT2D eigenvalue weighted by Gasteiger charge is 2.21. The van der Waals surface area contributed by atoms with E-state index in [4.69, 9.17) is 14.2 Å². The number of aliphatic imine (C=N–C) groups is 1. The molecule has 1 aromatic carbocycles. The van der Waals surface area contributed by atoms with Crippen LogP contribution in [0, 0.1) is 0 Å². The molecule has 0 aromatic heterocycles. The Bertz CT molecular complexity index is 424. The summed E-state index contributed by atoms with van der Waals surface area (Å²) in [7, 11) is 1.53. The average molecular weight is 207 g/mol. The first-order chi connectivity index (χ1) is 7.36. The van der Waals surface area contributed by atoms with Crippen molar-refractivity contribution in [2.75, 3.05) is 13.9 Å². The first-order valence-electron chi connectivity index (χ1n) is 4.36. The molecule has 0 fully saturated rings. The van der Waals surface area contributed by atoms with Crippen LogP contribution in [0.5, 0.6) is 17.2 Å². The standard InChI is InChI=1S/C10H9NO4/c1-13-9-7(4-11-5-12)2-3-8-10(9)15-6-14-8/h2-3H,4,6H2,1H3. The van der Waals surface area contributed by atoms with Crippen molar-refractivity contribution in [3.63, 3.8) is 0 Å². The topological polar surface area (TPSA) is 57.1 Å². The maximum Gasteiger partial charge on any atom is 0.235 e. The highest BCUT2D eigenvalue weighted by atomic mass is 16.7. The van der Waals surface area contributed by atoms with E-state index in [0.717, 1.165) is 5.56 Å². The zero-order valence-corrected chi connectivity index (χ0v) is 8.15. The Hall–Kier alpha value is -2.00. The molecule has 0 bridgehead atoms. The zero-order valence-electron chi connectivity index (χ0n) is 8.15. The van der Waals surface area contributed by atoms with Gasteiger partial charge in [0.15, 0.2) is 11.5 Å². The molecule has 0 atom stereocenters. The van der Waals surface area contributed by atoms with Crippen LogP contribution in [0.3, 0.4) is 0 Å². The van der Waals surface area contributed by atoms with Crippen LogP contribution in [0.4, 0.5) is 0 Å². The van der Waals surface area contributed by atoms with Gasteiger partial charge in [0.1, 0.15) is 0 Å². The molecule has 0 radical (unpaired) electrons. The number of hydrogen-bond donors (Lipinski definition) is 0. The third kappa shape index (κ3) is 1.65. The molecule has 0 saturated carbocycles. The fourth-order valence-corrected chi connectivity index (χ4v) is 1.45. The molecule has 0 saturated heterocycles. The fraction of sp³-hybridized carbons (Fsp3) is 0.300. The Labute approximate surface area is 86.3 Å². The molecule has 1 aliphatic rings. The van der Waals surface area contributed by atoms with E-state index in [0.29, 0.717) is 17.2 Å². The third-order valence-electron chi connectivity index (χ3n) is 2.09. The number of isocyanates is 1. The van der Waals surface area contributed by atoms with E-state index in [1.807, 2.05) is 0 Å². The summed E-state index contributed by atoms with van der Waals surface area (Å²) in [4.78, 5) is 13.5. The second-order valence-corrected chi connectivity index (χ2v) is 2.90. The number of benzene rings is 1. The fourth-order valence-electron chi connectivity index (χ4n) is 1.45. The Balaban J connectivity index is 2.43. The van der Waals surface area contributed by atoms with Crippen LogP contribution in [0.1, 0.15) is 5.56 Å². The van der Waals surface area contributed by atoms with Crippen molar-refractivity contribution in [2.45, 2.75) is 6.54 Å². The molecule has 1 heterocycles. The van der Waals surface area contributed by atoms with Crippen LogP contribution in [-0.2, 0) is 11.3 Å². The molecule has 15 heavy (non-hydrogen) atoms. The lowest BCUT2D eigenvalue weighted by molar-refractivity contribution is 0.171. The van der Waals surface area contributed by atoms with Gasteiger partial charge in [0.25, 0.3) is 0 Å². The van der Waals surface area contributed by atoms with E-state index in [9.17, 15) is 4.79 Å². The van der Waals surface area contributed by atoms with Crippen molar-refractivity contribution in [1.29, 1.82) is 0 Å². The maximum absolute atomic E-state index is 10.0. The molecule has 5 heteroatoms. The van der Waals surface area contributed by atoms with Gasteiger partial charge in [-0.05, 0) is 12.1 Å². The van der Waals surface area contributed by atoms with Crippen LogP contribution in [0.15, 0.2) is 17.1 Å². The highest BCUT2D eigenvalue weighted by molar-refractivity contribution is 5.57. The van der Waals surface area contributed by atoms with Gasteiger partial charge >= 0.3 is 0 Å². The Morgan fingerprint density at radius 2 is 2.40 bits per heavy atom. The van der Waals surface area contributed by atoms with Gasteiger partial charge in [-0.1, -0.05) is 0 Å². The predicted octanol–water partition coefficient (Wildman–Crippen LogP) is 1.26. The van der Waals surface area contributed by atoms with Crippen molar-refractivity contribution in [1.82, 2.24) is 0 Å². The van der Waals surface area contributed by atoms with Gasteiger partial charge in [-0.15, -0.1) is 0 Å². The number of ether oxygens (including phenoxy) is 3. The Morgan fingerprint density at radius 3 is 3.13 bits per heavy atom. The number of carbonyl (C=O) groups excluding carboxylic acids is 1. The second kappa shape index (κ2) is 4.02. The zero-order chi connectivity index (χ0) is 10.7. The quantitative estimate of drug-likeness (QED) is 0.553. The largest absolute Gasteiger partial charge is 0.492 e. The maximum atomic E-state index is 10.0. The van der Waals surface area contributed by atoms with E-state index in [1.54, 1.807) is 12.1 Å². The highest BCUT2D eigenvalue weighted by Crippen LogP contribution is 2.43. The average Bonchev–Trinajstić information content (AvgIpc) is 2.73. The molecule has 1 aromatic rings. The summed E-state index contributed by atoms with van der Waals surface area (Å²) in [6, 6.07) is 3.55. The summed E-state index contributed by atoms with van der Waals surface area (Å²) in [5, 5.41) is 0. The van der Waals surface area contributed by atoms with Crippen LogP contribution < -0.4 is 14.2 Å². The van der Waals surface area contributed by atoms with Crippen molar-refractivity contribution in [3.8, 4) is 17.2 Å². The minimum atomic E-state index is 0.187. The van der Waals surface area contributed by atoms with Crippen LogP contribution in [0.2, 0.25) is 0 Å². The summed E-state index contributed by atoms with van der Waals surface area (Å²) in [6.45, 7) is 0.412. The summed E-state index contributed by atoms with van der Waals surface area (Å²) in [6.07, 6.45) is 1.48. The van der Waals surface area contributed by atoms with Gasteiger partial charge in [0, 0.05) is 5.56 Å². The van der Waals surface area contributed by atoms with Crippen LogP contribution >= 0.6 is 0 Å². The van der Waals surface area contributed by atoms with E-state index in [1.165, 1.54) is 13.2 Å². The Morgan fingerprint density at radius 1 is 1.53 bits per heavy atom. The Kier molecular flexibility index (Phi) is 2.56. The number of methoxy groups -OCH3 is 1. The van der Waals surface area contributed by atoms with Crippen molar-refractivity contribution < 1.29 is 19.0 Å². The van der Waals surface area contributed by atoms with Gasteiger partial charge in [-0.25, -0.2) is 9.79 Å². The minimum absolute atomic E-state index is 0.187. The van der Waals surface area contributed by atoms with E-state index >= 15 is 0 Å². The van der Waals surface area contributed by atoms with Gasteiger partial charge in [-0.3, -0.25) is 0 Å². The second-order valence-electron chi connectivity index (χ2n) is 2.90. The monoisotopic (exact) mass is 207 g/mol. The molecule has 0 amide bonds. The SMILES string of the molecule is COc1c(CN=C=O)ccc2c1OCO2. The number of nitrogens with zero attached hydrogens (tertiary/aromatic N) is 1. The summed E-state index contributed by atoms with van der Waals surface area (Å²) < 4.78 is 15.6.